The van der Waals surface area contributed by atoms with E-state index in [1.54, 1.807) is 10.9 Å². The van der Waals surface area contributed by atoms with Crippen molar-refractivity contribution < 1.29 is 14.3 Å². The molecule has 23 heavy (non-hydrogen) atoms. The predicted molar refractivity (Wildman–Crippen MR) is 83.7 cm³/mol. The van der Waals surface area contributed by atoms with Crippen molar-refractivity contribution in [2.24, 2.45) is 5.92 Å². The molecule has 0 aliphatic rings. The number of amides is 1. The van der Waals surface area contributed by atoms with E-state index in [2.05, 4.69) is 15.6 Å². The summed E-state index contributed by atoms with van der Waals surface area (Å²) >= 11 is 0. The fourth-order valence-electron chi connectivity index (χ4n) is 2.09. The number of nitrogens with zero attached hydrogens (tertiary/aromatic N) is 3. The summed E-state index contributed by atoms with van der Waals surface area (Å²) < 4.78 is 6.28. The molecule has 0 fully saturated rings. The maximum atomic E-state index is 12.2. The summed E-state index contributed by atoms with van der Waals surface area (Å²) in [6.07, 6.45) is 1.55. The predicted octanol–water partition coefficient (Wildman–Crippen LogP) is 1.25. The van der Waals surface area contributed by atoms with Crippen LogP contribution in [0.1, 0.15) is 29.9 Å². The van der Waals surface area contributed by atoms with Crippen molar-refractivity contribution in [2.75, 3.05) is 7.11 Å². The number of ether oxygens (including phenoxy) is 1. The van der Waals surface area contributed by atoms with Gasteiger partial charge < -0.3 is 10.1 Å². The van der Waals surface area contributed by atoms with Crippen LogP contribution in [0.2, 0.25) is 0 Å². The Bertz CT molecular complexity index is 667. The number of rotatable bonds is 6. The molecule has 0 unspecified atom stereocenters. The summed E-state index contributed by atoms with van der Waals surface area (Å²) in [6, 6.07) is 9.02. The number of benzene rings is 1. The minimum Gasteiger partial charge on any atom is -0.467 e. The molecule has 7 heteroatoms. The van der Waals surface area contributed by atoms with Gasteiger partial charge in [-0.1, -0.05) is 49.4 Å². The van der Waals surface area contributed by atoms with Crippen molar-refractivity contribution in [3.05, 3.63) is 47.8 Å². The van der Waals surface area contributed by atoms with Crippen molar-refractivity contribution in [2.45, 2.75) is 26.4 Å². The molecular weight excluding hydrogens is 296 g/mol. The van der Waals surface area contributed by atoms with Gasteiger partial charge in [-0.3, -0.25) is 4.79 Å². The van der Waals surface area contributed by atoms with Gasteiger partial charge in [0.15, 0.2) is 5.69 Å². The van der Waals surface area contributed by atoms with E-state index in [1.807, 2.05) is 44.2 Å². The van der Waals surface area contributed by atoms with Crippen LogP contribution >= 0.6 is 0 Å². The Balaban J connectivity index is 2.04. The number of carbonyl (C=O) groups excluding carboxylic acids is 2. The first kappa shape index (κ1) is 16.7. The highest BCUT2D eigenvalue weighted by Crippen LogP contribution is 2.06. The van der Waals surface area contributed by atoms with Gasteiger partial charge in [0.2, 0.25) is 0 Å². The van der Waals surface area contributed by atoms with Crippen molar-refractivity contribution in [1.29, 1.82) is 0 Å². The molecule has 2 aromatic rings. The zero-order valence-corrected chi connectivity index (χ0v) is 13.4. The first-order valence-corrected chi connectivity index (χ1v) is 7.34. The molecule has 0 aliphatic heterocycles. The summed E-state index contributed by atoms with van der Waals surface area (Å²) in [4.78, 5) is 23.9. The molecular formula is C16H20N4O3. The third kappa shape index (κ3) is 4.38. The molecule has 1 N–H and O–H groups in total. The van der Waals surface area contributed by atoms with E-state index in [4.69, 9.17) is 4.74 Å². The van der Waals surface area contributed by atoms with Gasteiger partial charge in [0, 0.05) is 0 Å². The zero-order chi connectivity index (χ0) is 16.8. The number of carbonyl (C=O) groups is 2. The van der Waals surface area contributed by atoms with Crippen molar-refractivity contribution >= 4 is 11.9 Å². The Kier molecular flexibility index (Phi) is 5.46. The van der Waals surface area contributed by atoms with Crippen LogP contribution in [0.4, 0.5) is 0 Å². The van der Waals surface area contributed by atoms with Gasteiger partial charge in [-0.25, -0.2) is 9.48 Å². The average Bonchev–Trinajstić information content (AvgIpc) is 3.01. The Morgan fingerprint density at radius 2 is 1.96 bits per heavy atom. The molecule has 1 aromatic heterocycles. The molecule has 0 saturated carbocycles. The number of hydrogen-bond acceptors (Lipinski definition) is 5. The molecule has 0 radical (unpaired) electrons. The molecule has 7 nitrogen and oxygen atoms in total. The molecule has 0 spiro atoms. The first-order chi connectivity index (χ1) is 11.0. The van der Waals surface area contributed by atoms with E-state index < -0.39 is 17.9 Å². The van der Waals surface area contributed by atoms with Gasteiger partial charge in [-0.15, -0.1) is 5.10 Å². The Morgan fingerprint density at radius 1 is 1.26 bits per heavy atom. The Labute approximate surface area is 134 Å². The van der Waals surface area contributed by atoms with Crippen LogP contribution in [0.15, 0.2) is 36.5 Å². The molecule has 0 saturated heterocycles. The lowest BCUT2D eigenvalue weighted by molar-refractivity contribution is -0.144. The Hall–Kier alpha value is -2.70. The summed E-state index contributed by atoms with van der Waals surface area (Å²) in [7, 11) is 1.29. The quantitative estimate of drug-likeness (QED) is 0.811. The van der Waals surface area contributed by atoms with E-state index in [1.165, 1.54) is 7.11 Å². The third-order valence-electron chi connectivity index (χ3n) is 3.37. The van der Waals surface area contributed by atoms with Gasteiger partial charge in [0.05, 0.1) is 19.9 Å². The highest BCUT2D eigenvalue weighted by Gasteiger charge is 2.26. The number of nitrogens with one attached hydrogen (secondary N) is 1. The SMILES string of the molecule is COC(=O)[C@@H](NC(=O)c1cn(Cc2ccccc2)nn1)C(C)C. The fourth-order valence-corrected chi connectivity index (χ4v) is 2.09. The number of methoxy groups -OCH3 is 1. The van der Waals surface area contributed by atoms with E-state index in [9.17, 15) is 9.59 Å². The highest BCUT2D eigenvalue weighted by molar-refractivity contribution is 5.94. The number of hydrogen-bond donors (Lipinski definition) is 1. The summed E-state index contributed by atoms with van der Waals surface area (Å²) in [6.45, 7) is 4.17. The molecule has 2 rings (SSSR count). The summed E-state index contributed by atoms with van der Waals surface area (Å²) in [5.41, 5.74) is 1.22. The van der Waals surface area contributed by atoms with Crippen molar-refractivity contribution in [3.63, 3.8) is 0 Å². The van der Waals surface area contributed by atoms with Gasteiger partial charge in [0.1, 0.15) is 6.04 Å². The topological polar surface area (TPSA) is 86.1 Å². The molecule has 0 aliphatic carbocycles. The average molecular weight is 316 g/mol. The molecule has 1 heterocycles. The zero-order valence-electron chi connectivity index (χ0n) is 13.4. The summed E-state index contributed by atoms with van der Waals surface area (Å²) in [5.74, 6) is -1.02. The lowest BCUT2D eigenvalue weighted by Gasteiger charge is -2.18. The van der Waals surface area contributed by atoms with Crippen LogP contribution in [0.5, 0.6) is 0 Å². The van der Waals surface area contributed by atoms with Crippen LogP contribution in [0, 0.1) is 5.92 Å². The van der Waals surface area contributed by atoms with Crippen LogP contribution in [-0.4, -0.2) is 40.0 Å². The second-order valence-corrected chi connectivity index (χ2v) is 5.51. The molecule has 1 amide bonds. The largest absolute Gasteiger partial charge is 0.467 e. The van der Waals surface area contributed by atoms with Gasteiger partial charge in [0.25, 0.3) is 5.91 Å². The van der Waals surface area contributed by atoms with Crippen molar-refractivity contribution in [1.82, 2.24) is 20.3 Å². The minimum atomic E-state index is -0.716. The van der Waals surface area contributed by atoms with Crippen LogP contribution in [0.25, 0.3) is 0 Å². The smallest absolute Gasteiger partial charge is 0.328 e. The van der Waals surface area contributed by atoms with Crippen LogP contribution in [-0.2, 0) is 16.1 Å². The van der Waals surface area contributed by atoms with Gasteiger partial charge in [-0.2, -0.15) is 0 Å². The van der Waals surface area contributed by atoms with E-state index in [0.717, 1.165) is 5.56 Å². The third-order valence-corrected chi connectivity index (χ3v) is 3.37. The van der Waals surface area contributed by atoms with Crippen LogP contribution in [0.3, 0.4) is 0 Å². The maximum absolute atomic E-state index is 12.2. The second-order valence-electron chi connectivity index (χ2n) is 5.51. The monoisotopic (exact) mass is 316 g/mol. The number of esters is 1. The molecule has 122 valence electrons. The summed E-state index contributed by atoms with van der Waals surface area (Å²) in [5, 5.41) is 10.4. The van der Waals surface area contributed by atoms with Gasteiger partial charge in [-0.05, 0) is 11.5 Å². The van der Waals surface area contributed by atoms with Gasteiger partial charge >= 0.3 is 5.97 Å². The first-order valence-electron chi connectivity index (χ1n) is 7.34. The lowest BCUT2D eigenvalue weighted by Crippen LogP contribution is -2.45. The second kappa shape index (κ2) is 7.53. The standard InChI is InChI=1S/C16H20N4O3/c1-11(2)14(16(22)23-3)17-15(21)13-10-20(19-18-13)9-12-7-5-4-6-8-12/h4-8,10-11,14H,9H2,1-3H3,(H,17,21)/t14-/m0/s1. The fraction of sp³-hybridized carbons (Fsp3) is 0.375. The maximum Gasteiger partial charge on any atom is 0.328 e. The van der Waals surface area contributed by atoms with E-state index >= 15 is 0 Å². The minimum absolute atomic E-state index is 0.0919. The number of aromatic nitrogens is 3. The lowest BCUT2D eigenvalue weighted by atomic mass is 10.0. The molecule has 0 bridgehead atoms. The van der Waals surface area contributed by atoms with Crippen molar-refractivity contribution in [3.8, 4) is 0 Å². The normalized spacial score (nSPS) is 12.0. The molecule has 1 atom stereocenters. The van der Waals surface area contributed by atoms with Crippen LogP contribution < -0.4 is 5.32 Å². The Morgan fingerprint density at radius 3 is 2.57 bits per heavy atom. The van der Waals surface area contributed by atoms with E-state index in [0.29, 0.717) is 6.54 Å². The molecule has 1 aromatic carbocycles. The van der Waals surface area contributed by atoms with E-state index in [-0.39, 0.29) is 11.6 Å². The highest BCUT2D eigenvalue weighted by atomic mass is 16.5.